The quantitative estimate of drug-likeness (QED) is 0.593. The summed E-state index contributed by atoms with van der Waals surface area (Å²) >= 11 is 0. The van der Waals surface area contributed by atoms with Gasteiger partial charge >= 0.3 is 0 Å². The summed E-state index contributed by atoms with van der Waals surface area (Å²) in [5, 5.41) is -0.502. The molecule has 0 N–H and O–H groups in total. The lowest BCUT2D eigenvalue weighted by atomic mass is 10.2. The van der Waals surface area contributed by atoms with Gasteiger partial charge < -0.3 is 12.4 Å². The molecule has 0 spiro atoms. The maximum Gasteiger partial charge on any atom is 0.261 e. The molecule has 1 heterocycles. The average molecular weight is 307 g/mol. The Labute approximate surface area is 124 Å². The van der Waals surface area contributed by atoms with Crippen molar-refractivity contribution < 1.29 is 21.5 Å². The van der Waals surface area contributed by atoms with Crippen LogP contribution in [-0.2, 0) is 4.57 Å². The van der Waals surface area contributed by atoms with Crippen molar-refractivity contribution in [3.63, 3.8) is 0 Å². The molecule has 0 aliphatic rings. The lowest BCUT2D eigenvalue weighted by Gasteiger charge is -2.37. The monoisotopic (exact) mass is 306 g/mol. The number of aromatic nitrogens is 2. The van der Waals surface area contributed by atoms with Gasteiger partial charge in [0.25, 0.3) is 7.29 Å². The SMILES string of the molecule is CC(C)[n+]1ccn(P(=O)(C(C)(C)C)C(C)(C)C)c1.[Cl-]. The van der Waals surface area contributed by atoms with Gasteiger partial charge in [0.15, 0.2) is 0 Å². The normalized spacial score (nSPS) is 13.5. The van der Waals surface area contributed by atoms with Gasteiger partial charge in [-0.3, -0.25) is 4.57 Å². The maximum atomic E-state index is 13.6. The summed E-state index contributed by atoms with van der Waals surface area (Å²) in [6, 6.07) is 0.389. The Hall–Kier alpha value is -0.270. The van der Waals surface area contributed by atoms with E-state index < -0.39 is 7.29 Å². The van der Waals surface area contributed by atoms with Crippen LogP contribution in [0.3, 0.4) is 0 Å². The molecule has 0 amide bonds. The Morgan fingerprint density at radius 2 is 1.47 bits per heavy atom. The number of nitrogens with zero attached hydrogens (tertiary/aromatic N) is 2. The molecular formula is C14H28ClN2OP. The smallest absolute Gasteiger partial charge is 0.261 e. The van der Waals surface area contributed by atoms with Crippen LogP contribution in [0.4, 0.5) is 0 Å². The van der Waals surface area contributed by atoms with Crippen LogP contribution in [0.1, 0.15) is 61.4 Å². The Bertz CT molecular complexity index is 449. The minimum atomic E-state index is -2.56. The van der Waals surface area contributed by atoms with Gasteiger partial charge in [0.05, 0.1) is 16.4 Å². The third-order valence-electron chi connectivity index (χ3n) is 3.38. The minimum absolute atomic E-state index is 0. The fraction of sp³-hybridized carbons (Fsp3) is 0.786. The number of rotatable bonds is 2. The van der Waals surface area contributed by atoms with Gasteiger partial charge in [-0.05, 0) is 55.4 Å². The Morgan fingerprint density at radius 1 is 1.05 bits per heavy atom. The molecule has 0 saturated carbocycles. The summed E-state index contributed by atoms with van der Waals surface area (Å²) in [6.45, 7) is 16.7. The zero-order chi connectivity index (χ0) is 14.4. The van der Waals surface area contributed by atoms with Crippen LogP contribution < -0.4 is 17.0 Å². The van der Waals surface area contributed by atoms with E-state index in [0.29, 0.717) is 6.04 Å². The Balaban J connectivity index is 0.00000324. The van der Waals surface area contributed by atoms with Gasteiger partial charge in [0.1, 0.15) is 12.4 Å². The Morgan fingerprint density at radius 3 is 1.74 bits per heavy atom. The summed E-state index contributed by atoms with van der Waals surface area (Å²) in [4.78, 5) is 0. The Kier molecular flexibility index (Phi) is 5.53. The van der Waals surface area contributed by atoms with Crippen molar-refractivity contribution in [3.05, 3.63) is 18.7 Å². The van der Waals surface area contributed by atoms with Crippen LogP contribution in [-0.4, -0.2) is 14.6 Å². The van der Waals surface area contributed by atoms with E-state index in [4.69, 9.17) is 0 Å². The van der Waals surface area contributed by atoms with E-state index in [-0.39, 0.29) is 22.7 Å². The zero-order valence-electron chi connectivity index (χ0n) is 13.4. The molecule has 0 fully saturated rings. The summed E-state index contributed by atoms with van der Waals surface area (Å²) in [7, 11) is -2.56. The maximum absolute atomic E-state index is 13.6. The molecule has 0 bridgehead atoms. The zero-order valence-corrected chi connectivity index (χ0v) is 15.1. The minimum Gasteiger partial charge on any atom is -1.00 e. The summed E-state index contributed by atoms with van der Waals surface area (Å²) in [5.41, 5.74) is 0. The molecule has 0 aliphatic carbocycles. The third kappa shape index (κ3) is 3.25. The number of hydrogen-bond donors (Lipinski definition) is 0. The van der Waals surface area contributed by atoms with E-state index in [9.17, 15) is 4.57 Å². The summed E-state index contributed by atoms with van der Waals surface area (Å²) < 4.78 is 17.7. The number of halogens is 1. The third-order valence-corrected chi connectivity index (χ3v) is 7.91. The lowest BCUT2D eigenvalue weighted by molar-refractivity contribution is -0.715. The van der Waals surface area contributed by atoms with Crippen LogP contribution in [0.25, 0.3) is 0 Å². The molecule has 0 aromatic carbocycles. The molecule has 1 rings (SSSR count). The predicted octanol–water partition coefficient (Wildman–Crippen LogP) is 1.08. The van der Waals surface area contributed by atoms with Crippen molar-refractivity contribution in [2.75, 3.05) is 0 Å². The van der Waals surface area contributed by atoms with Gasteiger partial charge in [-0.1, -0.05) is 0 Å². The van der Waals surface area contributed by atoms with Crippen LogP contribution in [0.5, 0.6) is 0 Å². The second-order valence-electron chi connectivity index (χ2n) is 7.25. The van der Waals surface area contributed by atoms with Gasteiger partial charge in [-0.25, -0.2) is 4.57 Å². The first-order valence-corrected chi connectivity index (χ1v) is 8.27. The van der Waals surface area contributed by atoms with Crippen LogP contribution in [0.2, 0.25) is 0 Å². The molecule has 0 saturated heterocycles. The van der Waals surface area contributed by atoms with Crippen LogP contribution in [0.15, 0.2) is 18.7 Å². The molecule has 3 nitrogen and oxygen atoms in total. The highest BCUT2D eigenvalue weighted by atomic mass is 35.5. The van der Waals surface area contributed by atoms with Crippen LogP contribution >= 0.6 is 7.29 Å². The standard InChI is InChI=1S/C14H28N2OP.ClH/c1-12(2)15-9-10-16(11-15)18(17,13(3,4)5)14(6,7)8;/h9-12H,1-8H3;1H/q+1;/p-1. The molecule has 5 heteroatoms. The first-order chi connectivity index (χ1) is 7.91. The average Bonchev–Trinajstić information content (AvgIpc) is 2.61. The highest BCUT2D eigenvalue weighted by Gasteiger charge is 2.52. The number of imidazole rings is 1. The predicted molar refractivity (Wildman–Crippen MR) is 77.5 cm³/mol. The van der Waals surface area contributed by atoms with Gasteiger partial charge in [0, 0.05) is 0 Å². The van der Waals surface area contributed by atoms with Gasteiger partial charge in [-0.2, -0.15) is 4.34 Å². The topological polar surface area (TPSA) is 25.9 Å². The molecule has 0 aliphatic heterocycles. The lowest BCUT2D eigenvalue weighted by Crippen LogP contribution is -3.00. The van der Waals surface area contributed by atoms with Crippen molar-refractivity contribution in [2.24, 2.45) is 0 Å². The van der Waals surface area contributed by atoms with Crippen molar-refractivity contribution in [2.45, 2.75) is 71.7 Å². The summed E-state index contributed by atoms with van der Waals surface area (Å²) in [6.07, 6.45) is 5.95. The fourth-order valence-electron chi connectivity index (χ4n) is 2.53. The van der Waals surface area contributed by atoms with E-state index in [0.717, 1.165) is 0 Å². The second kappa shape index (κ2) is 5.61. The molecule has 1 aromatic rings. The molecule has 0 unspecified atom stereocenters. The highest BCUT2D eigenvalue weighted by molar-refractivity contribution is 7.65. The highest BCUT2D eigenvalue weighted by Crippen LogP contribution is 2.67. The molecular weight excluding hydrogens is 279 g/mol. The van der Waals surface area contributed by atoms with E-state index >= 15 is 0 Å². The van der Waals surface area contributed by atoms with Crippen molar-refractivity contribution in [1.29, 1.82) is 0 Å². The molecule has 0 atom stereocenters. The molecule has 1 aromatic heterocycles. The molecule has 112 valence electrons. The van der Waals surface area contributed by atoms with Crippen molar-refractivity contribution in [1.82, 2.24) is 4.34 Å². The second-order valence-corrected chi connectivity index (χ2v) is 11.5. The molecule has 19 heavy (non-hydrogen) atoms. The van der Waals surface area contributed by atoms with Gasteiger partial charge in [0.2, 0.25) is 6.33 Å². The first kappa shape index (κ1) is 18.7. The van der Waals surface area contributed by atoms with Crippen molar-refractivity contribution in [3.8, 4) is 0 Å². The van der Waals surface area contributed by atoms with E-state index in [1.54, 1.807) is 0 Å². The number of hydrogen-bond acceptors (Lipinski definition) is 1. The van der Waals surface area contributed by atoms with Crippen LogP contribution in [0, 0.1) is 0 Å². The summed E-state index contributed by atoms with van der Waals surface area (Å²) in [5.74, 6) is 0. The van der Waals surface area contributed by atoms with Crippen molar-refractivity contribution >= 4 is 7.29 Å². The van der Waals surface area contributed by atoms with E-state index in [2.05, 4.69) is 60.0 Å². The van der Waals surface area contributed by atoms with E-state index in [1.807, 2.05) is 23.1 Å². The fourth-order valence-corrected chi connectivity index (χ4v) is 6.44. The van der Waals surface area contributed by atoms with Gasteiger partial charge in [-0.15, -0.1) is 0 Å². The largest absolute Gasteiger partial charge is 1.00 e. The first-order valence-electron chi connectivity index (χ1n) is 6.61. The van der Waals surface area contributed by atoms with E-state index in [1.165, 1.54) is 0 Å². The molecule has 0 radical (unpaired) electrons.